The van der Waals surface area contributed by atoms with Crippen molar-refractivity contribution in [3.63, 3.8) is 0 Å². The van der Waals surface area contributed by atoms with Gasteiger partial charge in [-0.15, -0.1) is 24.8 Å². The minimum Gasteiger partial charge on any atom is -0.350 e. The number of carbonyl (C=O) groups excluding carboxylic acids is 1. The number of fused-ring (bicyclic) bond motifs is 1. The van der Waals surface area contributed by atoms with Gasteiger partial charge in [-0.25, -0.2) is 0 Å². The fourth-order valence-electron chi connectivity index (χ4n) is 3.60. The molecule has 0 aromatic heterocycles. The number of carbonyl (C=O) groups is 1. The number of halogens is 2. The van der Waals surface area contributed by atoms with E-state index in [4.69, 9.17) is 0 Å². The number of rotatable bonds is 4. The Morgan fingerprint density at radius 3 is 2.48 bits per heavy atom. The molecule has 4 nitrogen and oxygen atoms in total. The SMILES string of the molecule is CN(C)C1(CNC(=O)c2ccc3c(c2)CNC3)CCCC1.Cl.Cl. The Morgan fingerprint density at radius 1 is 1.17 bits per heavy atom. The lowest BCUT2D eigenvalue weighted by atomic mass is 9.95. The minimum absolute atomic E-state index is 0. The molecule has 3 rings (SSSR count). The molecule has 1 aliphatic carbocycles. The van der Waals surface area contributed by atoms with Gasteiger partial charge in [0, 0.05) is 30.7 Å². The topological polar surface area (TPSA) is 44.4 Å². The molecule has 23 heavy (non-hydrogen) atoms. The van der Waals surface area contributed by atoms with Crippen molar-refractivity contribution in [2.24, 2.45) is 0 Å². The summed E-state index contributed by atoms with van der Waals surface area (Å²) in [6, 6.07) is 6.04. The second kappa shape index (κ2) is 8.34. The van der Waals surface area contributed by atoms with Crippen LogP contribution < -0.4 is 10.6 Å². The van der Waals surface area contributed by atoms with E-state index in [1.54, 1.807) is 0 Å². The van der Waals surface area contributed by atoms with Crippen molar-refractivity contribution in [2.45, 2.75) is 44.3 Å². The van der Waals surface area contributed by atoms with E-state index in [9.17, 15) is 4.79 Å². The van der Waals surface area contributed by atoms with Gasteiger partial charge in [0.15, 0.2) is 0 Å². The van der Waals surface area contributed by atoms with Crippen LogP contribution in [-0.2, 0) is 13.1 Å². The first-order valence-electron chi connectivity index (χ1n) is 7.89. The number of benzene rings is 1. The van der Waals surface area contributed by atoms with Crippen molar-refractivity contribution >= 4 is 30.7 Å². The molecule has 1 fully saturated rings. The summed E-state index contributed by atoms with van der Waals surface area (Å²) in [5.74, 6) is 0.0535. The zero-order chi connectivity index (χ0) is 14.9. The summed E-state index contributed by atoms with van der Waals surface area (Å²) in [7, 11) is 4.25. The quantitative estimate of drug-likeness (QED) is 0.868. The Bertz CT molecular complexity index is 543. The van der Waals surface area contributed by atoms with Gasteiger partial charge in [-0.05, 0) is 50.2 Å². The lowest BCUT2D eigenvalue weighted by Crippen LogP contribution is -2.50. The van der Waals surface area contributed by atoms with Crippen molar-refractivity contribution in [3.05, 3.63) is 34.9 Å². The third-order valence-corrected chi connectivity index (χ3v) is 5.16. The van der Waals surface area contributed by atoms with Crippen LogP contribution in [0, 0.1) is 0 Å². The maximum atomic E-state index is 12.4. The standard InChI is InChI=1S/C17H25N3O.2ClH/c1-20(2)17(7-3-4-8-17)12-19-16(21)13-5-6-14-10-18-11-15(14)9-13;;/h5-6,9,18H,3-4,7-8,10-12H2,1-2H3,(H,19,21);2*1H. The van der Waals surface area contributed by atoms with Gasteiger partial charge in [0.2, 0.25) is 0 Å². The van der Waals surface area contributed by atoms with Crippen molar-refractivity contribution < 1.29 is 4.79 Å². The first-order chi connectivity index (χ1) is 10.1. The van der Waals surface area contributed by atoms with E-state index in [0.717, 1.165) is 25.2 Å². The summed E-state index contributed by atoms with van der Waals surface area (Å²) >= 11 is 0. The van der Waals surface area contributed by atoms with Crippen molar-refractivity contribution in [1.82, 2.24) is 15.5 Å². The number of likely N-dealkylation sites (N-methyl/N-ethyl adjacent to an activating group) is 1. The van der Waals surface area contributed by atoms with Gasteiger partial charge in [-0.2, -0.15) is 0 Å². The highest BCUT2D eigenvalue weighted by molar-refractivity contribution is 5.94. The third kappa shape index (κ3) is 4.18. The molecule has 0 radical (unpaired) electrons. The highest BCUT2D eigenvalue weighted by Gasteiger charge is 2.36. The monoisotopic (exact) mass is 359 g/mol. The van der Waals surface area contributed by atoms with Gasteiger partial charge in [-0.3, -0.25) is 4.79 Å². The van der Waals surface area contributed by atoms with E-state index in [-0.39, 0.29) is 36.3 Å². The van der Waals surface area contributed by atoms with Crippen LogP contribution in [0.3, 0.4) is 0 Å². The second-order valence-corrected chi connectivity index (χ2v) is 6.60. The Balaban J connectivity index is 0.00000132. The molecule has 1 amide bonds. The Hall–Kier alpha value is -0.810. The van der Waals surface area contributed by atoms with Crippen LogP contribution in [0.25, 0.3) is 0 Å². The summed E-state index contributed by atoms with van der Waals surface area (Å²) in [5, 5.41) is 6.47. The van der Waals surface area contributed by atoms with Gasteiger partial charge in [0.05, 0.1) is 0 Å². The van der Waals surface area contributed by atoms with Gasteiger partial charge in [-0.1, -0.05) is 18.9 Å². The van der Waals surface area contributed by atoms with Crippen molar-refractivity contribution in [1.29, 1.82) is 0 Å². The number of nitrogens with zero attached hydrogens (tertiary/aromatic N) is 1. The predicted octanol–water partition coefficient (Wildman–Crippen LogP) is 2.74. The zero-order valence-corrected chi connectivity index (χ0v) is 15.5. The first kappa shape index (κ1) is 20.2. The molecule has 1 aromatic rings. The Labute approximate surface area is 151 Å². The second-order valence-electron chi connectivity index (χ2n) is 6.60. The Morgan fingerprint density at radius 2 is 1.83 bits per heavy atom. The van der Waals surface area contributed by atoms with E-state index in [1.807, 2.05) is 12.1 Å². The molecule has 0 spiro atoms. The number of nitrogens with one attached hydrogen (secondary N) is 2. The summed E-state index contributed by atoms with van der Waals surface area (Å²) < 4.78 is 0. The third-order valence-electron chi connectivity index (χ3n) is 5.16. The average Bonchev–Trinajstić information content (AvgIpc) is 3.13. The van der Waals surface area contributed by atoms with Gasteiger partial charge in [0.25, 0.3) is 5.91 Å². The molecule has 2 N–H and O–H groups in total. The molecule has 0 atom stereocenters. The van der Waals surface area contributed by atoms with E-state index in [0.29, 0.717) is 0 Å². The summed E-state index contributed by atoms with van der Waals surface area (Å²) in [6.07, 6.45) is 4.87. The predicted molar refractivity (Wildman–Crippen MR) is 98.7 cm³/mol. The van der Waals surface area contributed by atoms with Crippen LogP contribution in [0.4, 0.5) is 0 Å². The summed E-state index contributed by atoms with van der Waals surface area (Å²) in [4.78, 5) is 14.7. The maximum Gasteiger partial charge on any atom is 0.251 e. The lowest BCUT2D eigenvalue weighted by Gasteiger charge is -2.36. The zero-order valence-electron chi connectivity index (χ0n) is 13.9. The molecule has 6 heteroatoms. The average molecular weight is 360 g/mol. The molecular weight excluding hydrogens is 333 g/mol. The molecule has 0 saturated heterocycles. The van der Waals surface area contributed by atoms with E-state index < -0.39 is 0 Å². The molecule has 2 aliphatic rings. The molecule has 1 aliphatic heterocycles. The largest absolute Gasteiger partial charge is 0.350 e. The van der Waals surface area contributed by atoms with Crippen molar-refractivity contribution in [3.8, 4) is 0 Å². The smallest absolute Gasteiger partial charge is 0.251 e. The normalized spacial score (nSPS) is 18.0. The molecule has 0 unspecified atom stereocenters. The molecule has 0 bridgehead atoms. The van der Waals surface area contributed by atoms with Gasteiger partial charge >= 0.3 is 0 Å². The number of hydrogen-bond donors (Lipinski definition) is 2. The van der Waals surface area contributed by atoms with Crippen LogP contribution >= 0.6 is 24.8 Å². The number of amides is 1. The molecule has 130 valence electrons. The lowest BCUT2D eigenvalue weighted by molar-refractivity contribution is 0.0900. The van der Waals surface area contributed by atoms with Gasteiger partial charge < -0.3 is 15.5 Å². The van der Waals surface area contributed by atoms with Crippen molar-refractivity contribution in [2.75, 3.05) is 20.6 Å². The molecule has 1 saturated carbocycles. The molecular formula is C17H27Cl2N3O. The summed E-state index contributed by atoms with van der Waals surface area (Å²) in [6.45, 7) is 2.53. The minimum atomic E-state index is 0. The fourth-order valence-corrected chi connectivity index (χ4v) is 3.60. The molecule has 1 heterocycles. The molecule has 1 aromatic carbocycles. The van der Waals surface area contributed by atoms with E-state index in [2.05, 4.69) is 35.7 Å². The summed E-state index contributed by atoms with van der Waals surface area (Å²) in [5.41, 5.74) is 3.50. The fraction of sp³-hybridized carbons (Fsp3) is 0.588. The van der Waals surface area contributed by atoms with E-state index >= 15 is 0 Å². The van der Waals surface area contributed by atoms with Crippen LogP contribution in [0.15, 0.2) is 18.2 Å². The highest BCUT2D eigenvalue weighted by Crippen LogP contribution is 2.33. The van der Waals surface area contributed by atoms with Crippen LogP contribution in [0.1, 0.15) is 47.2 Å². The first-order valence-corrected chi connectivity index (χ1v) is 7.89. The number of hydrogen-bond acceptors (Lipinski definition) is 3. The van der Waals surface area contributed by atoms with Crippen LogP contribution in [-0.4, -0.2) is 37.0 Å². The maximum absolute atomic E-state index is 12.4. The van der Waals surface area contributed by atoms with E-state index in [1.165, 1.54) is 36.8 Å². The van der Waals surface area contributed by atoms with Crippen LogP contribution in [0.5, 0.6) is 0 Å². The highest BCUT2D eigenvalue weighted by atomic mass is 35.5. The van der Waals surface area contributed by atoms with Gasteiger partial charge in [0.1, 0.15) is 0 Å². The Kier molecular flexibility index (Phi) is 7.33. The van der Waals surface area contributed by atoms with Crippen LogP contribution in [0.2, 0.25) is 0 Å².